The molecule has 2 unspecified atom stereocenters. The Morgan fingerprint density at radius 1 is 1.29 bits per heavy atom. The molecule has 0 aliphatic carbocycles. The molecule has 0 saturated carbocycles. The zero-order valence-electron chi connectivity index (χ0n) is 15.8. The van der Waals surface area contributed by atoms with Crippen molar-refractivity contribution in [1.29, 1.82) is 0 Å². The highest BCUT2D eigenvalue weighted by Gasteiger charge is 2.39. The van der Waals surface area contributed by atoms with Crippen LogP contribution in [0.15, 0.2) is 41.8 Å². The normalized spacial score (nSPS) is 24.5. The van der Waals surface area contributed by atoms with Crippen LogP contribution in [0.3, 0.4) is 0 Å². The number of carbonyl (C=O) groups is 2. The average Bonchev–Trinajstić information content (AvgIpc) is 3.43. The van der Waals surface area contributed by atoms with E-state index in [1.807, 2.05) is 28.5 Å². The van der Waals surface area contributed by atoms with Gasteiger partial charge in [-0.1, -0.05) is 24.3 Å². The van der Waals surface area contributed by atoms with Gasteiger partial charge in [0.1, 0.15) is 5.82 Å². The van der Waals surface area contributed by atoms with Gasteiger partial charge in [0.15, 0.2) is 0 Å². The molecular formula is C22H25FN2O2S. The molecule has 2 atom stereocenters. The summed E-state index contributed by atoms with van der Waals surface area (Å²) in [5, 5.41) is 5.18. The third kappa shape index (κ3) is 4.12. The van der Waals surface area contributed by atoms with Crippen LogP contribution in [0, 0.1) is 5.82 Å². The zero-order chi connectivity index (χ0) is 19.6. The Morgan fingerprint density at radius 3 is 2.86 bits per heavy atom. The Labute approximate surface area is 168 Å². The molecule has 4 nitrogen and oxygen atoms in total. The van der Waals surface area contributed by atoms with Crippen molar-refractivity contribution >= 4 is 23.2 Å². The number of benzene rings is 1. The molecule has 2 amide bonds. The molecule has 148 valence electrons. The molecule has 0 spiro atoms. The maximum absolute atomic E-state index is 14.0. The molecule has 2 fully saturated rings. The maximum atomic E-state index is 14.0. The highest BCUT2D eigenvalue weighted by Crippen LogP contribution is 2.33. The lowest BCUT2D eigenvalue weighted by Crippen LogP contribution is -2.44. The van der Waals surface area contributed by atoms with Gasteiger partial charge in [0.05, 0.1) is 0 Å². The largest absolute Gasteiger partial charge is 0.350 e. The summed E-state index contributed by atoms with van der Waals surface area (Å²) in [5.41, 5.74) is 0.387. The third-order valence-electron chi connectivity index (χ3n) is 6.03. The van der Waals surface area contributed by atoms with Crippen LogP contribution < -0.4 is 5.32 Å². The summed E-state index contributed by atoms with van der Waals surface area (Å²) in [4.78, 5) is 27.8. The molecule has 4 rings (SSSR count). The summed E-state index contributed by atoms with van der Waals surface area (Å²) < 4.78 is 14.0. The zero-order valence-corrected chi connectivity index (χ0v) is 16.6. The minimum absolute atomic E-state index is 0.0661. The topological polar surface area (TPSA) is 49.4 Å². The number of nitrogens with one attached hydrogen (secondary N) is 1. The predicted molar refractivity (Wildman–Crippen MR) is 108 cm³/mol. The number of hydrogen-bond acceptors (Lipinski definition) is 3. The second kappa shape index (κ2) is 8.03. The summed E-state index contributed by atoms with van der Waals surface area (Å²) in [5.74, 6) is 0.0529. The first-order chi connectivity index (χ1) is 13.5. The van der Waals surface area contributed by atoms with E-state index < -0.39 is 0 Å². The molecule has 1 aromatic carbocycles. The van der Waals surface area contributed by atoms with Crippen LogP contribution in [0.1, 0.15) is 48.5 Å². The van der Waals surface area contributed by atoms with Crippen LogP contribution in [0.5, 0.6) is 0 Å². The second-order valence-corrected chi connectivity index (χ2v) is 8.96. The summed E-state index contributed by atoms with van der Waals surface area (Å²) in [7, 11) is 0. The van der Waals surface area contributed by atoms with Gasteiger partial charge in [-0.05, 0) is 42.3 Å². The summed E-state index contributed by atoms with van der Waals surface area (Å²) >= 11 is 1.69. The van der Waals surface area contributed by atoms with Crippen molar-refractivity contribution in [1.82, 2.24) is 10.2 Å². The fourth-order valence-corrected chi connectivity index (χ4v) is 5.33. The van der Waals surface area contributed by atoms with Crippen LogP contribution in [0.2, 0.25) is 0 Å². The number of amides is 2. The van der Waals surface area contributed by atoms with Crippen LogP contribution in [-0.2, 0) is 16.0 Å². The third-order valence-corrected chi connectivity index (χ3v) is 6.91. The van der Waals surface area contributed by atoms with E-state index in [1.165, 1.54) is 10.9 Å². The number of carbonyl (C=O) groups excluding carboxylic acids is 2. The SMILES string of the molecule is O=C1CCC(CCC(=O)N2CCC(c3ccccc3F)C2)(Cc2cccs2)N1. The maximum Gasteiger partial charge on any atom is 0.222 e. The van der Waals surface area contributed by atoms with Crippen molar-refractivity contribution in [3.8, 4) is 0 Å². The van der Waals surface area contributed by atoms with Gasteiger partial charge in [-0.2, -0.15) is 0 Å². The van der Waals surface area contributed by atoms with Crippen molar-refractivity contribution in [2.45, 2.75) is 50.0 Å². The molecule has 2 aromatic rings. The van der Waals surface area contributed by atoms with Gasteiger partial charge in [-0.3, -0.25) is 9.59 Å². The van der Waals surface area contributed by atoms with E-state index in [-0.39, 0.29) is 29.1 Å². The number of thiophene rings is 1. The number of hydrogen-bond donors (Lipinski definition) is 1. The first kappa shape index (κ1) is 19.1. The van der Waals surface area contributed by atoms with Crippen LogP contribution >= 0.6 is 11.3 Å². The molecule has 2 aliphatic rings. The van der Waals surface area contributed by atoms with E-state index in [0.29, 0.717) is 37.9 Å². The van der Waals surface area contributed by atoms with Crippen molar-refractivity contribution < 1.29 is 14.0 Å². The van der Waals surface area contributed by atoms with Gasteiger partial charge in [-0.25, -0.2) is 4.39 Å². The fourth-order valence-electron chi connectivity index (χ4n) is 4.48. The number of halogens is 1. The monoisotopic (exact) mass is 400 g/mol. The van der Waals surface area contributed by atoms with E-state index in [2.05, 4.69) is 11.4 Å². The van der Waals surface area contributed by atoms with Crippen LogP contribution in [-0.4, -0.2) is 35.3 Å². The molecule has 28 heavy (non-hydrogen) atoms. The Balaban J connectivity index is 1.36. The van der Waals surface area contributed by atoms with Crippen LogP contribution in [0.4, 0.5) is 4.39 Å². The van der Waals surface area contributed by atoms with Gasteiger partial charge in [0.25, 0.3) is 0 Å². The minimum Gasteiger partial charge on any atom is -0.350 e. The smallest absolute Gasteiger partial charge is 0.222 e. The Bertz CT molecular complexity index is 854. The fraction of sp³-hybridized carbons (Fsp3) is 0.455. The highest BCUT2D eigenvalue weighted by molar-refractivity contribution is 7.09. The van der Waals surface area contributed by atoms with Crippen LogP contribution in [0.25, 0.3) is 0 Å². The summed E-state index contributed by atoms with van der Waals surface area (Å²) in [6, 6.07) is 10.9. The van der Waals surface area contributed by atoms with E-state index in [0.717, 1.165) is 19.3 Å². The van der Waals surface area contributed by atoms with Gasteiger partial charge >= 0.3 is 0 Å². The average molecular weight is 401 g/mol. The summed E-state index contributed by atoms with van der Waals surface area (Å²) in [6.07, 6.45) is 3.94. The Hall–Kier alpha value is -2.21. The van der Waals surface area contributed by atoms with Gasteiger partial charge in [0.2, 0.25) is 11.8 Å². The highest BCUT2D eigenvalue weighted by atomic mass is 32.1. The van der Waals surface area contributed by atoms with Crippen molar-refractivity contribution in [3.63, 3.8) is 0 Å². The second-order valence-electron chi connectivity index (χ2n) is 7.93. The molecule has 3 heterocycles. The molecule has 0 radical (unpaired) electrons. The Kier molecular flexibility index (Phi) is 5.49. The molecule has 1 aromatic heterocycles. The number of nitrogens with zero attached hydrogens (tertiary/aromatic N) is 1. The minimum atomic E-state index is -0.317. The first-order valence-electron chi connectivity index (χ1n) is 9.90. The molecule has 2 saturated heterocycles. The van der Waals surface area contributed by atoms with E-state index in [9.17, 15) is 14.0 Å². The molecule has 2 aliphatic heterocycles. The van der Waals surface area contributed by atoms with Gasteiger partial charge < -0.3 is 10.2 Å². The van der Waals surface area contributed by atoms with Crippen molar-refractivity contribution in [2.24, 2.45) is 0 Å². The molecule has 6 heteroatoms. The lowest BCUT2D eigenvalue weighted by molar-refractivity contribution is -0.131. The predicted octanol–water partition coefficient (Wildman–Crippen LogP) is 3.87. The molecule has 0 bridgehead atoms. The van der Waals surface area contributed by atoms with E-state index in [1.54, 1.807) is 17.4 Å². The quantitative estimate of drug-likeness (QED) is 0.800. The first-order valence-corrected chi connectivity index (χ1v) is 10.8. The van der Waals surface area contributed by atoms with Gasteiger partial charge in [0, 0.05) is 48.7 Å². The summed E-state index contributed by atoms with van der Waals surface area (Å²) in [6.45, 7) is 1.24. The Morgan fingerprint density at radius 2 is 2.14 bits per heavy atom. The number of likely N-dealkylation sites (tertiary alicyclic amines) is 1. The lowest BCUT2D eigenvalue weighted by Gasteiger charge is -2.29. The molecular weight excluding hydrogens is 375 g/mol. The standard InChI is InChI=1S/C22H25FN2O2S/c23-19-6-2-1-5-18(19)16-9-12-25(15-16)21(27)8-11-22(10-7-20(26)24-22)14-17-4-3-13-28-17/h1-6,13,16H,7-12,14-15H2,(H,24,26). The number of rotatable bonds is 6. The van der Waals surface area contributed by atoms with Crippen molar-refractivity contribution in [3.05, 3.63) is 58.0 Å². The molecule has 1 N–H and O–H groups in total. The van der Waals surface area contributed by atoms with Crippen molar-refractivity contribution in [2.75, 3.05) is 13.1 Å². The van der Waals surface area contributed by atoms with E-state index >= 15 is 0 Å². The van der Waals surface area contributed by atoms with E-state index in [4.69, 9.17) is 0 Å². The lowest BCUT2D eigenvalue weighted by atomic mass is 9.87. The van der Waals surface area contributed by atoms with Gasteiger partial charge in [-0.15, -0.1) is 11.3 Å².